The van der Waals surface area contributed by atoms with Crippen molar-refractivity contribution in [3.05, 3.63) is 30.6 Å². The van der Waals surface area contributed by atoms with Crippen LogP contribution in [0.2, 0.25) is 0 Å². The number of nitrogens with zero attached hydrogens (tertiary/aromatic N) is 3. The molecule has 0 unspecified atom stereocenters. The van der Waals surface area contributed by atoms with Crippen molar-refractivity contribution in [2.45, 2.75) is 24.3 Å². The molecule has 4 heteroatoms. The van der Waals surface area contributed by atoms with E-state index >= 15 is 0 Å². The maximum Gasteiger partial charge on any atom is 0.137 e. The summed E-state index contributed by atoms with van der Waals surface area (Å²) in [5.41, 5.74) is 1.03. The van der Waals surface area contributed by atoms with Crippen molar-refractivity contribution in [2.24, 2.45) is 0 Å². The molecular formula is C12H15N3S. The fraction of sp³-hybridized carbons (Fsp3) is 0.417. The molecule has 0 aromatic carbocycles. The first-order chi connectivity index (χ1) is 7.93. The Balaban J connectivity index is 1.85. The summed E-state index contributed by atoms with van der Waals surface area (Å²) in [5.74, 6) is 0. The van der Waals surface area contributed by atoms with E-state index < -0.39 is 0 Å². The fourth-order valence-electron chi connectivity index (χ4n) is 2.08. The van der Waals surface area contributed by atoms with Crippen LogP contribution in [0.4, 0.5) is 0 Å². The van der Waals surface area contributed by atoms with E-state index in [4.69, 9.17) is 0 Å². The van der Waals surface area contributed by atoms with Gasteiger partial charge in [0.25, 0.3) is 0 Å². The minimum Gasteiger partial charge on any atom is -0.293 e. The van der Waals surface area contributed by atoms with Crippen LogP contribution in [0.25, 0.3) is 5.65 Å². The Morgan fingerprint density at radius 2 is 2.00 bits per heavy atom. The highest BCUT2D eigenvalue weighted by atomic mass is 32.2. The van der Waals surface area contributed by atoms with E-state index in [0.717, 1.165) is 5.65 Å². The number of imidazole rings is 1. The zero-order chi connectivity index (χ0) is 10.8. The van der Waals surface area contributed by atoms with Crippen molar-refractivity contribution < 1.29 is 0 Å². The predicted molar refractivity (Wildman–Crippen MR) is 66.5 cm³/mol. The van der Waals surface area contributed by atoms with Gasteiger partial charge in [0, 0.05) is 25.5 Å². The van der Waals surface area contributed by atoms with Gasteiger partial charge >= 0.3 is 0 Å². The highest BCUT2D eigenvalue weighted by Gasteiger charge is 2.12. The Bertz CT molecular complexity index is 474. The quantitative estimate of drug-likeness (QED) is 0.744. The van der Waals surface area contributed by atoms with Gasteiger partial charge in [0.1, 0.15) is 5.65 Å². The third kappa shape index (κ3) is 1.95. The number of hydrogen-bond acceptors (Lipinski definition) is 3. The average Bonchev–Trinajstić information content (AvgIpc) is 2.80. The highest BCUT2D eigenvalue weighted by molar-refractivity contribution is 7.97. The van der Waals surface area contributed by atoms with Crippen LogP contribution in [0.15, 0.2) is 35.6 Å². The second-order valence-electron chi connectivity index (χ2n) is 4.10. The molecule has 1 saturated heterocycles. The minimum atomic E-state index is 1.03. The fourth-order valence-corrected chi connectivity index (χ4v) is 3.17. The van der Waals surface area contributed by atoms with Crippen molar-refractivity contribution >= 4 is 17.6 Å². The van der Waals surface area contributed by atoms with Crippen LogP contribution in [0.5, 0.6) is 0 Å². The molecule has 1 aliphatic rings. The Morgan fingerprint density at radius 1 is 1.12 bits per heavy atom. The van der Waals surface area contributed by atoms with Gasteiger partial charge in [0.2, 0.25) is 0 Å². The van der Waals surface area contributed by atoms with E-state index in [9.17, 15) is 0 Å². The van der Waals surface area contributed by atoms with Crippen LogP contribution >= 0.6 is 11.9 Å². The number of piperidine rings is 1. The second kappa shape index (κ2) is 4.47. The Labute approximate surface area is 99.6 Å². The summed E-state index contributed by atoms with van der Waals surface area (Å²) >= 11 is 1.85. The maximum absolute atomic E-state index is 4.30. The molecule has 0 bridgehead atoms. The van der Waals surface area contributed by atoms with Crippen molar-refractivity contribution in [3.63, 3.8) is 0 Å². The smallest absolute Gasteiger partial charge is 0.137 e. The summed E-state index contributed by atoms with van der Waals surface area (Å²) in [4.78, 5) is 4.30. The van der Waals surface area contributed by atoms with E-state index in [-0.39, 0.29) is 0 Å². The lowest BCUT2D eigenvalue weighted by molar-refractivity contribution is 0.380. The number of rotatable bonds is 2. The molecular weight excluding hydrogens is 218 g/mol. The molecule has 2 aromatic heterocycles. The van der Waals surface area contributed by atoms with Crippen LogP contribution in [0, 0.1) is 0 Å². The molecule has 1 aliphatic heterocycles. The molecule has 0 radical (unpaired) electrons. The van der Waals surface area contributed by atoms with Crippen LogP contribution in [-0.2, 0) is 0 Å². The van der Waals surface area contributed by atoms with Gasteiger partial charge in [-0.1, -0.05) is 12.5 Å². The van der Waals surface area contributed by atoms with Gasteiger partial charge < -0.3 is 0 Å². The molecule has 16 heavy (non-hydrogen) atoms. The van der Waals surface area contributed by atoms with Gasteiger partial charge in [-0.15, -0.1) is 0 Å². The van der Waals surface area contributed by atoms with Crippen molar-refractivity contribution in [3.8, 4) is 0 Å². The van der Waals surface area contributed by atoms with E-state index in [1.54, 1.807) is 0 Å². The largest absolute Gasteiger partial charge is 0.293 e. The number of fused-ring (bicyclic) bond motifs is 1. The Morgan fingerprint density at radius 3 is 2.88 bits per heavy atom. The van der Waals surface area contributed by atoms with E-state index in [1.807, 2.05) is 30.4 Å². The Hall–Kier alpha value is -1.00. The standard InChI is InChI=1S/C12H15N3S/c1-2-8-14(9-3-1)16-12-6-4-5-11-13-7-10-15(11)12/h4-7,10H,1-3,8-9H2. The first kappa shape index (κ1) is 10.2. The summed E-state index contributed by atoms with van der Waals surface area (Å²) in [6, 6.07) is 6.28. The van der Waals surface area contributed by atoms with Gasteiger partial charge in [0.15, 0.2) is 0 Å². The molecule has 0 saturated carbocycles. The van der Waals surface area contributed by atoms with E-state index in [1.165, 1.54) is 37.4 Å². The summed E-state index contributed by atoms with van der Waals surface area (Å²) in [6.45, 7) is 2.41. The third-order valence-corrected chi connectivity index (χ3v) is 4.07. The van der Waals surface area contributed by atoms with Gasteiger partial charge in [-0.05, 0) is 36.9 Å². The molecule has 0 aliphatic carbocycles. The lowest BCUT2D eigenvalue weighted by Crippen LogP contribution is -2.23. The molecule has 0 atom stereocenters. The number of hydrogen-bond donors (Lipinski definition) is 0. The van der Waals surface area contributed by atoms with Gasteiger partial charge in [-0.3, -0.25) is 4.40 Å². The zero-order valence-corrected chi connectivity index (χ0v) is 9.99. The monoisotopic (exact) mass is 233 g/mol. The lowest BCUT2D eigenvalue weighted by Gasteiger charge is -2.25. The summed E-state index contributed by atoms with van der Waals surface area (Å²) in [6.07, 6.45) is 7.92. The minimum absolute atomic E-state index is 1.03. The molecule has 3 rings (SSSR count). The summed E-state index contributed by atoms with van der Waals surface area (Å²) in [5, 5.41) is 1.26. The molecule has 0 N–H and O–H groups in total. The summed E-state index contributed by atoms with van der Waals surface area (Å²) < 4.78 is 4.61. The van der Waals surface area contributed by atoms with Crippen LogP contribution in [0.3, 0.4) is 0 Å². The van der Waals surface area contributed by atoms with Gasteiger partial charge in [-0.2, -0.15) is 0 Å². The lowest BCUT2D eigenvalue weighted by atomic mass is 10.2. The Kier molecular flexibility index (Phi) is 2.84. The zero-order valence-electron chi connectivity index (χ0n) is 9.17. The second-order valence-corrected chi connectivity index (χ2v) is 5.22. The van der Waals surface area contributed by atoms with Crippen LogP contribution < -0.4 is 0 Å². The molecule has 0 spiro atoms. The van der Waals surface area contributed by atoms with Gasteiger partial charge in [-0.25, -0.2) is 9.29 Å². The predicted octanol–water partition coefficient (Wildman–Crippen LogP) is 2.83. The SMILES string of the molecule is c1cc(SN2CCCCC2)n2ccnc2c1. The first-order valence-corrected chi connectivity index (χ1v) is 6.56. The van der Waals surface area contributed by atoms with Gasteiger partial charge in [0.05, 0.1) is 5.03 Å². The summed E-state index contributed by atoms with van der Waals surface area (Å²) in [7, 11) is 0. The highest BCUT2D eigenvalue weighted by Crippen LogP contribution is 2.26. The van der Waals surface area contributed by atoms with Crippen molar-refractivity contribution in [1.82, 2.24) is 13.7 Å². The third-order valence-electron chi connectivity index (χ3n) is 2.93. The molecule has 3 nitrogen and oxygen atoms in total. The normalized spacial score (nSPS) is 18.0. The van der Waals surface area contributed by atoms with E-state index in [0.29, 0.717) is 0 Å². The molecule has 0 amide bonds. The number of pyridine rings is 1. The van der Waals surface area contributed by atoms with Crippen LogP contribution in [0.1, 0.15) is 19.3 Å². The maximum atomic E-state index is 4.30. The molecule has 3 heterocycles. The van der Waals surface area contributed by atoms with Crippen molar-refractivity contribution in [1.29, 1.82) is 0 Å². The topological polar surface area (TPSA) is 20.5 Å². The average molecular weight is 233 g/mol. The molecule has 1 fully saturated rings. The van der Waals surface area contributed by atoms with Crippen LogP contribution in [-0.4, -0.2) is 26.8 Å². The molecule has 84 valence electrons. The van der Waals surface area contributed by atoms with E-state index in [2.05, 4.69) is 25.8 Å². The van der Waals surface area contributed by atoms with Crippen molar-refractivity contribution in [2.75, 3.05) is 13.1 Å². The number of aromatic nitrogens is 2. The molecule has 2 aromatic rings. The first-order valence-electron chi connectivity index (χ1n) is 5.78.